The molecule has 2 aromatic rings. The average molecular weight is 399 g/mol. The monoisotopic (exact) mass is 398 g/mol. The lowest BCUT2D eigenvalue weighted by Crippen LogP contribution is -2.13. The minimum absolute atomic E-state index is 0.0675. The molecule has 0 aliphatic rings. The molecule has 0 spiro atoms. The fourth-order valence-corrected chi connectivity index (χ4v) is 2.69. The van der Waals surface area contributed by atoms with Crippen LogP contribution in [0.1, 0.15) is 10.4 Å². The molecular weight excluding hydrogens is 384 g/mol. The minimum Gasteiger partial charge on any atom is -0.490 e. The topological polar surface area (TPSA) is 69.7 Å². The van der Waals surface area contributed by atoms with E-state index in [4.69, 9.17) is 9.47 Å². The van der Waals surface area contributed by atoms with Crippen molar-refractivity contribution in [1.29, 1.82) is 0 Å². The predicted molar refractivity (Wildman–Crippen MR) is 89.5 cm³/mol. The fourth-order valence-electron chi connectivity index (χ4n) is 1.76. The van der Waals surface area contributed by atoms with Crippen LogP contribution in [0.5, 0.6) is 5.75 Å². The van der Waals surface area contributed by atoms with Gasteiger partial charge in [-0.25, -0.2) is 13.2 Å². The largest absolute Gasteiger partial charge is 0.490 e. The van der Waals surface area contributed by atoms with E-state index in [-0.39, 0.29) is 23.7 Å². The molecule has 122 valence electrons. The van der Waals surface area contributed by atoms with Crippen molar-refractivity contribution in [3.63, 3.8) is 0 Å². The Morgan fingerprint density at radius 1 is 1.09 bits per heavy atom. The highest BCUT2D eigenvalue weighted by Crippen LogP contribution is 2.16. The number of hydrogen-bond acceptors (Lipinski definition) is 5. The van der Waals surface area contributed by atoms with Gasteiger partial charge in [0, 0.05) is 10.7 Å². The van der Waals surface area contributed by atoms with Crippen molar-refractivity contribution in [2.24, 2.45) is 0 Å². The highest BCUT2D eigenvalue weighted by Gasteiger charge is 2.12. The molecule has 0 atom stereocenters. The van der Waals surface area contributed by atoms with Crippen LogP contribution in [-0.4, -0.2) is 33.9 Å². The fraction of sp³-hybridized carbons (Fsp3) is 0.188. The zero-order valence-corrected chi connectivity index (χ0v) is 14.8. The first-order valence-electron chi connectivity index (χ1n) is 6.72. The van der Waals surface area contributed by atoms with Gasteiger partial charge in [-0.2, -0.15) is 0 Å². The lowest BCUT2D eigenvalue weighted by Gasteiger charge is -2.08. The molecule has 0 aliphatic heterocycles. The van der Waals surface area contributed by atoms with Gasteiger partial charge in [0.25, 0.3) is 0 Å². The van der Waals surface area contributed by atoms with Crippen LogP contribution < -0.4 is 4.74 Å². The predicted octanol–water partition coefficient (Wildman–Crippen LogP) is 3.09. The second-order valence-corrected chi connectivity index (χ2v) is 7.67. The van der Waals surface area contributed by atoms with E-state index in [0.717, 1.165) is 10.7 Å². The molecule has 2 aromatic carbocycles. The van der Waals surface area contributed by atoms with Crippen LogP contribution in [-0.2, 0) is 14.6 Å². The van der Waals surface area contributed by atoms with E-state index in [1.165, 1.54) is 24.3 Å². The Morgan fingerprint density at radius 2 is 1.78 bits per heavy atom. The van der Waals surface area contributed by atoms with Gasteiger partial charge < -0.3 is 9.47 Å². The maximum absolute atomic E-state index is 11.9. The second kappa shape index (κ2) is 7.61. The molecule has 0 fully saturated rings. The van der Waals surface area contributed by atoms with Crippen molar-refractivity contribution in [3.05, 3.63) is 58.6 Å². The third-order valence-corrected chi connectivity index (χ3v) is 4.54. The smallest absolute Gasteiger partial charge is 0.338 e. The summed E-state index contributed by atoms with van der Waals surface area (Å²) >= 11 is 3.32. The molecule has 0 amide bonds. The van der Waals surface area contributed by atoms with Gasteiger partial charge in [0.2, 0.25) is 0 Å². The Hall–Kier alpha value is -1.86. The summed E-state index contributed by atoms with van der Waals surface area (Å²) in [4.78, 5) is 12.0. The minimum atomic E-state index is -3.36. The van der Waals surface area contributed by atoms with Gasteiger partial charge in [0.05, 0.1) is 10.5 Å². The van der Waals surface area contributed by atoms with Crippen LogP contribution >= 0.6 is 15.9 Å². The molecule has 0 saturated carbocycles. The normalized spacial score (nSPS) is 11.0. The number of hydrogen-bond donors (Lipinski definition) is 0. The summed E-state index contributed by atoms with van der Waals surface area (Å²) in [5.74, 6) is 0.0817. The Morgan fingerprint density at radius 3 is 2.43 bits per heavy atom. The lowest BCUT2D eigenvalue weighted by atomic mass is 10.2. The van der Waals surface area contributed by atoms with Crippen molar-refractivity contribution in [2.45, 2.75) is 4.90 Å². The van der Waals surface area contributed by atoms with Gasteiger partial charge >= 0.3 is 5.97 Å². The first kappa shape index (κ1) is 17.5. The first-order valence-corrected chi connectivity index (χ1v) is 9.40. The standard InChI is InChI=1S/C16H15BrO5S/c1-23(19,20)15-4-2-3-12(11-15)16(18)22-10-9-21-14-7-5-13(17)6-8-14/h2-8,11H,9-10H2,1H3. The molecule has 0 radical (unpaired) electrons. The van der Waals surface area contributed by atoms with Crippen LogP contribution in [0.2, 0.25) is 0 Å². The van der Waals surface area contributed by atoms with Crippen LogP contribution in [0.15, 0.2) is 57.9 Å². The summed E-state index contributed by atoms with van der Waals surface area (Å²) < 4.78 is 34.4. The van der Waals surface area contributed by atoms with Crippen molar-refractivity contribution in [1.82, 2.24) is 0 Å². The zero-order valence-electron chi connectivity index (χ0n) is 12.4. The average Bonchev–Trinajstić information content (AvgIpc) is 2.52. The van der Waals surface area contributed by atoms with E-state index in [0.29, 0.717) is 5.75 Å². The van der Waals surface area contributed by atoms with Crippen LogP contribution in [0, 0.1) is 0 Å². The zero-order chi connectivity index (χ0) is 16.9. The molecule has 7 heteroatoms. The summed E-state index contributed by atoms with van der Waals surface area (Å²) in [5, 5.41) is 0. The van der Waals surface area contributed by atoms with Gasteiger partial charge in [-0.15, -0.1) is 0 Å². The SMILES string of the molecule is CS(=O)(=O)c1cccc(C(=O)OCCOc2ccc(Br)cc2)c1. The molecule has 0 unspecified atom stereocenters. The summed E-state index contributed by atoms with van der Waals surface area (Å²) in [6.07, 6.45) is 1.09. The molecular formula is C16H15BrO5S. The highest BCUT2D eigenvalue weighted by molar-refractivity contribution is 9.10. The highest BCUT2D eigenvalue weighted by atomic mass is 79.9. The van der Waals surface area contributed by atoms with Crippen LogP contribution in [0.4, 0.5) is 0 Å². The summed E-state index contributed by atoms with van der Waals surface area (Å²) in [5.41, 5.74) is 0.191. The summed E-state index contributed by atoms with van der Waals surface area (Å²) in [6.45, 7) is 0.275. The molecule has 2 rings (SSSR count). The Balaban J connectivity index is 1.86. The number of rotatable bonds is 6. The maximum atomic E-state index is 11.9. The third kappa shape index (κ3) is 5.37. The first-order chi connectivity index (χ1) is 10.9. The Labute approximate surface area is 143 Å². The lowest BCUT2D eigenvalue weighted by molar-refractivity contribution is 0.0450. The number of halogens is 1. The maximum Gasteiger partial charge on any atom is 0.338 e. The number of ether oxygens (including phenoxy) is 2. The van der Waals surface area contributed by atoms with Gasteiger partial charge in [-0.1, -0.05) is 22.0 Å². The molecule has 0 saturated heterocycles. The number of benzene rings is 2. The van der Waals surface area contributed by atoms with Crippen molar-refractivity contribution >= 4 is 31.7 Å². The molecule has 23 heavy (non-hydrogen) atoms. The van der Waals surface area contributed by atoms with E-state index >= 15 is 0 Å². The van der Waals surface area contributed by atoms with E-state index in [1.807, 2.05) is 12.1 Å². The van der Waals surface area contributed by atoms with Crippen LogP contribution in [0.25, 0.3) is 0 Å². The van der Waals surface area contributed by atoms with E-state index in [9.17, 15) is 13.2 Å². The number of esters is 1. The van der Waals surface area contributed by atoms with E-state index < -0.39 is 15.8 Å². The van der Waals surface area contributed by atoms with E-state index in [1.54, 1.807) is 12.1 Å². The summed E-state index contributed by atoms with van der Waals surface area (Å²) in [6, 6.07) is 13.0. The van der Waals surface area contributed by atoms with Gasteiger partial charge in [0.15, 0.2) is 9.84 Å². The molecule has 0 bridgehead atoms. The van der Waals surface area contributed by atoms with Crippen molar-refractivity contribution in [2.75, 3.05) is 19.5 Å². The van der Waals surface area contributed by atoms with Crippen molar-refractivity contribution < 1.29 is 22.7 Å². The molecule has 0 N–H and O–H groups in total. The quantitative estimate of drug-likeness (QED) is 0.552. The number of carbonyl (C=O) groups excluding carboxylic acids is 1. The van der Waals surface area contributed by atoms with Crippen LogP contribution in [0.3, 0.4) is 0 Å². The Kier molecular flexibility index (Phi) is 5.79. The van der Waals surface area contributed by atoms with Gasteiger partial charge in [0.1, 0.15) is 19.0 Å². The number of sulfone groups is 1. The Bertz CT molecular complexity index is 784. The molecule has 0 aromatic heterocycles. The van der Waals surface area contributed by atoms with Gasteiger partial charge in [-0.05, 0) is 42.5 Å². The number of carbonyl (C=O) groups is 1. The van der Waals surface area contributed by atoms with Gasteiger partial charge in [-0.3, -0.25) is 0 Å². The molecule has 0 aliphatic carbocycles. The summed E-state index contributed by atoms with van der Waals surface area (Å²) in [7, 11) is -3.36. The molecule has 0 heterocycles. The molecule has 5 nitrogen and oxygen atoms in total. The third-order valence-electron chi connectivity index (χ3n) is 2.90. The van der Waals surface area contributed by atoms with E-state index in [2.05, 4.69) is 15.9 Å². The van der Waals surface area contributed by atoms with Crippen molar-refractivity contribution in [3.8, 4) is 5.75 Å². The second-order valence-electron chi connectivity index (χ2n) is 4.74.